The number of carbonyl (C=O) groups is 1. The van der Waals surface area contributed by atoms with E-state index in [1.807, 2.05) is 53.4 Å². The van der Waals surface area contributed by atoms with Crippen molar-refractivity contribution in [3.63, 3.8) is 0 Å². The van der Waals surface area contributed by atoms with Crippen molar-refractivity contribution >= 4 is 12.1 Å². The van der Waals surface area contributed by atoms with E-state index in [-0.39, 0.29) is 11.8 Å². The molecule has 0 spiro atoms. The molecule has 2 heterocycles. The third-order valence-corrected chi connectivity index (χ3v) is 3.12. The van der Waals surface area contributed by atoms with E-state index in [1.165, 1.54) is 0 Å². The van der Waals surface area contributed by atoms with Crippen LogP contribution >= 0.6 is 0 Å². The van der Waals surface area contributed by atoms with Crippen molar-refractivity contribution < 1.29 is 4.79 Å². The molecule has 90 valence electrons. The zero-order valence-electron chi connectivity index (χ0n) is 9.78. The number of amides is 1. The third-order valence-electron chi connectivity index (χ3n) is 3.12. The molecule has 0 saturated heterocycles. The van der Waals surface area contributed by atoms with E-state index in [0.717, 1.165) is 11.3 Å². The van der Waals surface area contributed by atoms with Gasteiger partial charge in [-0.15, -0.1) is 0 Å². The number of hydrogen-bond acceptors (Lipinski definition) is 2. The van der Waals surface area contributed by atoms with Crippen LogP contribution < -0.4 is 5.43 Å². The molecule has 1 aliphatic heterocycles. The molecule has 1 atom stereocenters. The number of rotatable bonds is 2. The largest absolute Gasteiger partial charge is 0.324 e. The van der Waals surface area contributed by atoms with Gasteiger partial charge in [-0.05, 0) is 23.8 Å². The van der Waals surface area contributed by atoms with Gasteiger partial charge in [0.05, 0.1) is 5.92 Å². The molecule has 1 amide bonds. The first-order valence-corrected chi connectivity index (χ1v) is 5.90. The number of aromatic nitrogens is 1. The van der Waals surface area contributed by atoms with Gasteiger partial charge in [0.25, 0.3) is 0 Å². The highest BCUT2D eigenvalue weighted by atomic mass is 16.2. The molecule has 1 unspecified atom stereocenters. The first kappa shape index (κ1) is 10.8. The summed E-state index contributed by atoms with van der Waals surface area (Å²) in [6.45, 7) is 0. The van der Waals surface area contributed by atoms with Gasteiger partial charge in [-0.3, -0.25) is 4.79 Å². The number of para-hydroxylation sites is 1. The van der Waals surface area contributed by atoms with Gasteiger partial charge in [0.15, 0.2) is 0 Å². The van der Waals surface area contributed by atoms with Crippen LogP contribution in [0.4, 0.5) is 0 Å². The number of benzene rings is 1. The van der Waals surface area contributed by atoms with E-state index in [1.54, 1.807) is 6.21 Å². The number of hydrazone groups is 1. The normalized spacial score (nSPS) is 18.7. The molecule has 1 N–H and O–H groups in total. The summed E-state index contributed by atoms with van der Waals surface area (Å²) in [5, 5.41) is 3.79. The molecule has 1 aromatic carbocycles. The van der Waals surface area contributed by atoms with Crippen LogP contribution in [-0.4, -0.2) is 16.7 Å². The predicted octanol–water partition coefficient (Wildman–Crippen LogP) is 2.07. The van der Waals surface area contributed by atoms with Crippen molar-refractivity contribution in [2.24, 2.45) is 5.10 Å². The predicted molar refractivity (Wildman–Crippen MR) is 69.8 cm³/mol. The lowest BCUT2D eigenvalue weighted by molar-refractivity contribution is -0.122. The lowest BCUT2D eigenvalue weighted by Gasteiger charge is -2.20. The Kier molecular flexibility index (Phi) is 2.68. The Balaban J connectivity index is 2.07. The zero-order valence-corrected chi connectivity index (χ0v) is 9.78. The summed E-state index contributed by atoms with van der Waals surface area (Å²) in [7, 11) is 0. The summed E-state index contributed by atoms with van der Waals surface area (Å²) < 4.78 is 2.02. The van der Waals surface area contributed by atoms with Gasteiger partial charge < -0.3 is 4.57 Å². The molecule has 2 aromatic rings. The summed E-state index contributed by atoms with van der Waals surface area (Å²) in [4.78, 5) is 11.9. The molecule has 1 aliphatic rings. The van der Waals surface area contributed by atoms with Crippen LogP contribution in [0.3, 0.4) is 0 Å². The fraction of sp³-hybridized carbons (Fsp3) is 0.143. The molecule has 18 heavy (non-hydrogen) atoms. The van der Waals surface area contributed by atoms with Gasteiger partial charge in [0, 0.05) is 30.7 Å². The standard InChI is InChI=1S/C14H13N3O/c18-14-12(7-8-15-16-14)11-5-1-2-6-13(11)17-9-3-4-10-17/h1-6,8-10,12H,7H2,(H,16,18). The van der Waals surface area contributed by atoms with Crippen molar-refractivity contribution in [3.8, 4) is 5.69 Å². The van der Waals surface area contributed by atoms with Crippen LogP contribution in [0.5, 0.6) is 0 Å². The summed E-state index contributed by atoms with van der Waals surface area (Å²) in [6.07, 6.45) is 6.35. The summed E-state index contributed by atoms with van der Waals surface area (Å²) in [5.41, 5.74) is 4.59. The Morgan fingerprint density at radius 3 is 2.72 bits per heavy atom. The minimum atomic E-state index is -0.166. The highest BCUT2D eigenvalue weighted by molar-refractivity contribution is 5.89. The second-order valence-corrected chi connectivity index (χ2v) is 4.23. The summed E-state index contributed by atoms with van der Waals surface area (Å²) in [5.74, 6) is -0.210. The summed E-state index contributed by atoms with van der Waals surface area (Å²) >= 11 is 0. The Labute approximate surface area is 105 Å². The van der Waals surface area contributed by atoms with Crippen LogP contribution in [0.1, 0.15) is 17.9 Å². The second-order valence-electron chi connectivity index (χ2n) is 4.23. The zero-order chi connectivity index (χ0) is 12.4. The van der Waals surface area contributed by atoms with Crippen molar-refractivity contribution in [2.75, 3.05) is 0 Å². The Bertz CT molecular complexity index is 587. The quantitative estimate of drug-likeness (QED) is 0.856. The minimum absolute atomic E-state index is 0.0443. The van der Waals surface area contributed by atoms with Gasteiger partial charge in [-0.25, -0.2) is 5.43 Å². The number of nitrogens with zero attached hydrogens (tertiary/aromatic N) is 2. The SMILES string of the molecule is O=C1NN=CCC1c1ccccc1-n1cccc1. The summed E-state index contributed by atoms with van der Waals surface area (Å²) in [6, 6.07) is 11.9. The average molecular weight is 239 g/mol. The fourth-order valence-electron chi connectivity index (χ4n) is 2.23. The van der Waals surface area contributed by atoms with Crippen molar-refractivity contribution in [1.82, 2.24) is 9.99 Å². The molecule has 4 nitrogen and oxygen atoms in total. The molecule has 4 heteroatoms. The highest BCUT2D eigenvalue weighted by Crippen LogP contribution is 2.27. The Morgan fingerprint density at radius 2 is 1.94 bits per heavy atom. The van der Waals surface area contributed by atoms with E-state index < -0.39 is 0 Å². The number of nitrogens with one attached hydrogen (secondary N) is 1. The van der Waals surface area contributed by atoms with Gasteiger partial charge >= 0.3 is 0 Å². The minimum Gasteiger partial charge on any atom is -0.324 e. The monoisotopic (exact) mass is 239 g/mol. The van der Waals surface area contributed by atoms with Gasteiger partial charge in [-0.2, -0.15) is 5.10 Å². The Hall–Kier alpha value is -2.36. The van der Waals surface area contributed by atoms with Crippen LogP contribution in [0, 0.1) is 0 Å². The van der Waals surface area contributed by atoms with Crippen molar-refractivity contribution in [3.05, 3.63) is 54.4 Å². The van der Waals surface area contributed by atoms with E-state index in [2.05, 4.69) is 10.5 Å². The van der Waals surface area contributed by atoms with Gasteiger partial charge in [0.2, 0.25) is 5.91 Å². The lowest BCUT2D eigenvalue weighted by Crippen LogP contribution is -2.30. The molecule has 0 aliphatic carbocycles. The number of hydrogen-bond donors (Lipinski definition) is 1. The van der Waals surface area contributed by atoms with E-state index in [4.69, 9.17) is 0 Å². The van der Waals surface area contributed by atoms with E-state index in [9.17, 15) is 4.79 Å². The van der Waals surface area contributed by atoms with Gasteiger partial charge in [-0.1, -0.05) is 18.2 Å². The number of carbonyl (C=O) groups excluding carboxylic acids is 1. The van der Waals surface area contributed by atoms with Crippen LogP contribution in [0.2, 0.25) is 0 Å². The maximum atomic E-state index is 11.9. The fourth-order valence-corrected chi connectivity index (χ4v) is 2.23. The van der Waals surface area contributed by atoms with Crippen LogP contribution in [0.15, 0.2) is 53.9 Å². The van der Waals surface area contributed by atoms with Crippen LogP contribution in [0.25, 0.3) is 5.69 Å². The van der Waals surface area contributed by atoms with Gasteiger partial charge in [0.1, 0.15) is 0 Å². The molecule has 0 radical (unpaired) electrons. The Morgan fingerprint density at radius 1 is 1.17 bits per heavy atom. The molecule has 0 fully saturated rings. The van der Waals surface area contributed by atoms with Crippen molar-refractivity contribution in [2.45, 2.75) is 12.3 Å². The maximum absolute atomic E-state index is 11.9. The van der Waals surface area contributed by atoms with E-state index >= 15 is 0 Å². The molecular weight excluding hydrogens is 226 g/mol. The second kappa shape index (κ2) is 4.49. The topological polar surface area (TPSA) is 46.4 Å². The highest BCUT2D eigenvalue weighted by Gasteiger charge is 2.24. The van der Waals surface area contributed by atoms with Crippen molar-refractivity contribution in [1.29, 1.82) is 0 Å². The first-order chi connectivity index (χ1) is 8.86. The molecular formula is C14H13N3O. The molecule has 1 aromatic heterocycles. The molecule has 3 rings (SSSR count). The first-order valence-electron chi connectivity index (χ1n) is 5.90. The lowest BCUT2D eigenvalue weighted by atomic mass is 9.93. The van der Waals surface area contributed by atoms with E-state index in [0.29, 0.717) is 6.42 Å². The maximum Gasteiger partial charge on any atom is 0.248 e. The van der Waals surface area contributed by atoms with Crippen LogP contribution in [-0.2, 0) is 4.79 Å². The molecule has 0 saturated carbocycles. The average Bonchev–Trinajstić information content (AvgIpc) is 2.93. The smallest absolute Gasteiger partial charge is 0.248 e. The molecule has 0 bridgehead atoms. The third kappa shape index (κ3) is 1.82.